The van der Waals surface area contributed by atoms with E-state index < -0.39 is 24.2 Å². The van der Waals surface area contributed by atoms with Crippen molar-refractivity contribution < 1.29 is 18.0 Å². The molecule has 2 aliphatic heterocycles. The fourth-order valence-corrected chi connectivity index (χ4v) is 4.94. The van der Waals surface area contributed by atoms with Gasteiger partial charge < -0.3 is 10.2 Å². The first kappa shape index (κ1) is 21.1. The van der Waals surface area contributed by atoms with Crippen LogP contribution in [0.2, 0.25) is 0 Å². The van der Waals surface area contributed by atoms with E-state index in [0.29, 0.717) is 24.9 Å². The molecule has 2 aliphatic rings. The van der Waals surface area contributed by atoms with E-state index in [1.807, 2.05) is 43.6 Å². The van der Waals surface area contributed by atoms with E-state index in [0.717, 1.165) is 38.5 Å². The molecule has 1 aromatic heterocycles. The summed E-state index contributed by atoms with van der Waals surface area (Å²) in [6, 6.07) is 13.8. The van der Waals surface area contributed by atoms with Gasteiger partial charge in [-0.05, 0) is 48.2 Å². The fraction of sp³-hybridized carbons (Fsp3) is 0.292. The second-order valence-electron chi connectivity index (χ2n) is 8.38. The lowest BCUT2D eigenvalue weighted by atomic mass is 9.91. The summed E-state index contributed by atoms with van der Waals surface area (Å²) in [7, 11) is 1.83. The summed E-state index contributed by atoms with van der Waals surface area (Å²) in [4.78, 5) is 13.0. The summed E-state index contributed by atoms with van der Waals surface area (Å²) >= 11 is 0. The van der Waals surface area contributed by atoms with E-state index in [2.05, 4.69) is 16.5 Å². The number of nitriles is 1. The molecule has 3 heterocycles. The Morgan fingerprint density at radius 3 is 2.52 bits per heavy atom. The zero-order chi connectivity index (χ0) is 23.3. The number of aromatic nitrogens is 2. The molecule has 6 nitrogen and oxygen atoms in total. The Bertz CT molecular complexity index is 1270. The molecule has 3 aromatic rings. The topological polar surface area (TPSA) is 74.0 Å². The minimum atomic E-state index is -4.87. The number of aryl methyl sites for hydroxylation is 1. The molecule has 1 amide bonds. The van der Waals surface area contributed by atoms with E-state index in [9.17, 15) is 18.0 Å². The van der Waals surface area contributed by atoms with Crippen molar-refractivity contribution in [3.05, 3.63) is 70.9 Å². The van der Waals surface area contributed by atoms with E-state index in [4.69, 9.17) is 5.26 Å². The van der Waals surface area contributed by atoms with E-state index in [1.54, 1.807) is 16.8 Å². The number of carbonyl (C=O) groups excluding carboxylic acids is 1. The Hall–Kier alpha value is -3.80. The normalized spacial score (nSPS) is 18.8. The molecule has 2 bridgehead atoms. The summed E-state index contributed by atoms with van der Waals surface area (Å²) < 4.78 is 41.0. The monoisotopic (exact) mass is 451 g/mol. The van der Waals surface area contributed by atoms with Gasteiger partial charge in [0, 0.05) is 36.6 Å². The Balaban J connectivity index is 1.36. The highest BCUT2D eigenvalue weighted by Gasteiger charge is 2.54. The average molecular weight is 451 g/mol. The van der Waals surface area contributed by atoms with Gasteiger partial charge in [-0.2, -0.15) is 23.5 Å². The van der Waals surface area contributed by atoms with Crippen molar-refractivity contribution in [3.8, 4) is 17.3 Å². The van der Waals surface area contributed by atoms with Crippen molar-refractivity contribution >= 4 is 11.6 Å². The Morgan fingerprint density at radius 1 is 1.15 bits per heavy atom. The van der Waals surface area contributed by atoms with Crippen LogP contribution in [-0.4, -0.2) is 26.8 Å². The van der Waals surface area contributed by atoms with Crippen LogP contribution in [0.3, 0.4) is 0 Å². The third-order valence-corrected chi connectivity index (χ3v) is 6.34. The summed E-state index contributed by atoms with van der Waals surface area (Å²) in [5, 5.41) is 16.9. The molecule has 0 spiro atoms. The number of nitrogens with zero attached hydrogens (tertiary/aromatic N) is 4. The van der Waals surface area contributed by atoms with E-state index in [1.165, 1.54) is 0 Å². The molecular weight excluding hydrogens is 431 g/mol. The zero-order valence-electron chi connectivity index (χ0n) is 17.7. The van der Waals surface area contributed by atoms with Gasteiger partial charge in [-0.25, -0.2) is 0 Å². The summed E-state index contributed by atoms with van der Waals surface area (Å²) in [5.74, 6) is -1.76. The van der Waals surface area contributed by atoms with Crippen LogP contribution in [0, 0.1) is 11.3 Å². The van der Waals surface area contributed by atoms with E-state index >= 15 is 0 Å². The average Bonchev–Trinajstić information content (AvgIpc) is 3.48. The maximum Gasteiger partial charge on any atom is 0.471 e. The molecule has 1 N–H and O–H groups in total. The first-order valence-electron chi connectivity index (χ1n) is 10.6. The predicted molar refractivity (Wildman–Crippen MR) is 115 cm³/mol. The standard InChI is InChI=1S/C24H20F3N5O/c1-31-13-16(22(30-31)15-4-2-14(11-28)3-5-15)12-29-17-6-7-18-19(10-17)21-9-8-20(18)32(21)23(33)24(25,26)27/h2-7,10,13,20-21,29H,8-9,12H2,1H3. The minimum absolute atomic E-state index is 0.460. The van der Waals surface area contributed by atoms with Crippen molar-refractivity contribution in [2.75, 3.05) is 5.32 Å². The van der Waals surface area contributed by atoms with Gasteiger partial charge in [-0.15, -0.1) is 0 Å². The van der Waals surface area contributed by atoms with Crippen LogP contribution in [-0.2, 0) is 18.4 Å². The number of alkyl halides is 3. The van der Waals surface area contributed by atoms with Gasteiger partial charge in [0.2, 0.25) is 0 Å². The molecule has 5 rings (SSSR count). The van der Waals surface area contributed by atoms with Gasteiger partial charge in [-0.1, -0.05) is 18.2 Å². The van der Waals surface area contributed by atoms with Crippen LogP contribution in [0.25, 0.3) is 11.3 Å². The largest absolute Gasteiger partial charge is 0.471 e. The van der Waals surface area contributed by atoms with E-state index in [-0.39, 0.29) is 0 Å². The Kier molecular flexibility index (Phi) is 4.89. The van der Waals surface area contributed by atoms with Crippen LogP contribution >= 0.6 is 0 Å². The molecule has 0 saturated carbocycles. The number of fused-ring (bicyclic) bond motifs is 5. The maximum atomic E-state index is 13.1. The third-order valence-electron chi connectivity index (χ3n) is 6.34. The molecule has 1 saturated heterocycles. The first-order chi connectivity index (χ1) is 15.8. The predicted octanol–water partition coefficient (Wildman–Crippen LogP) is 4.85. The number of carbonyl (C=O) groups is 1. The molecule has 168 valence electrons. The molecule has 2 unspecified atom stereocenters. The van der Waals surface area contributed by atoms with Gasteiger partial charge >= 0.3 is 12.1 Å². The number of anilines is 1. The number of hydrogen-bond donors (Lipinski definition) is 1. The SMILES string of the molecule is Cn1cc(CNc2ccc3c(c2)C2CCC3N2C(=O)C(F)(F)F)c(-c2ccc(C#N)cc2)n1. The summed E-state index contributed by atoms with van der Waals surface area (Å²) in [6.07, 6.45) is -1.88. The van der Waals surface area contributed by atoms with Crippen molar-refractivity contribution in [2.24, 2.45) is 7.05 Å². The number of hydrogen-bond acceptors (Lipinski definition) is 4. The van der Waals surface area contributed by atoms with Crippen LogP contribution < -0.4 is 5.32 Å². The lowest BCUT2D eigenvalue weighted by Gasteiger charge is -2.23. The molecule has 9 heteroatoms. The number of halogens is 3. The molecule has 1 fully saturated rings. The highest BCUT2D eigenvalue weighted by Crippen LogP contribution is 2.54. The smallest absolute Gasteiger partial charge is 0.381 e. The molecule has 0 radical (unpaired) electrons. The van der Waals surface area contributed by atoms with Crippen LogP contribution in [0.1, 0.15) is 47.2 Å². The number of nitrogens with one attached hydrogen (secondary N) is 1. The third kappa shape index (κ3) is 3.61. The maximum absolute atomic E-state index is 13.1. The second-order valence-corrected chi connectivity index (χ2v) is 8.38. The zero-order valence-corrected chi connectivity index (χ0v) is 17.7. The van der Waals surface area contributed by atoms with Gasteiger partial charge in [0.25, 0.3) is 0 Å². The van der Waals surface area contributed by atoms with Crippen LogP contribution in [0.15, 0.2) is 48.7 Å². The quantitative estimate of drug-likeness (QED) is 0.615. The molecule has 2 atom stereocenters. The second kappa shape index (κ2) is 7.66. The summed E-state index contributed by atoms with van der Waals surface area (Å²) in [5.41, 5.74) is 5.55. The Morgan fingerprint density at radius 2 is 1.85 bits per heavy atom. The highest BCUT2D eigenvalue weighted by atomic mass is 19.4. The van der Waals surface area contributed by atoms with Gasteiger partial charge in [0.05, 0.1) is 29.4 Å². The number of benzene rings is 2. The van der Waals surface area contributed by atoms with Crippen LogP contribution in [0.4, 0.5) is 18.9 Å². The number of rotatable bonds is 4. The molecule has 2 aromatic carbocycles. The van der Waals surface area contributed by atoms with Crippen molar-refractivity contribution in [1.29, 1.82) is 5.26 Å². The summed E-state index contributed by atoms with van der Waals surface area (Å²) in [6.45, 7) is 0.460. The van der Waals surface area contributed by atoms with Gasteiger partial charge in [-0.3, -0.25) is 9.48 Å². The molecular formula is C24H20F3N5O. The van der Waals surface area contributed by atoms with Crippen molar-refractivity contribution in [1.82, 2.24) is 14.7 Å². The van der Waals surface area contributed by atoms with Crippen LogP contribution in [0.5, 0.6) is 0 Å². The Labute approximate surface area is 188 Å². The van der Waals surface area contributed by atoms with Gasteiger partial charge in [0.1, 0.15) is 0 Å². The lowest BCUT2D eigenvalue weighted by molar-refractivity contribution is -0.188. The number of amides is 1. The lowest BCUT2D eigenvalue weighted by Crippen LogP contribution is -2.39. The fourth-order valence-electron chi connectivity index (χ4n) is 4.94. The minimum Gasteiger partial charge on any atom is -0.381 e. The van der Waals surface area contributed by atoms with Crippen molar-refractivity contribution in [3.63, 3.8) is 0 Å². The van der Waals surface area contributed by atoms with Gasteiger partial charge in [0.15, 0.2) is 0 Å². The molecule has 0 aliphatic carbocycles. The highest BCUT2D eigenvalue weighted by molar-refractivity contribution is 5.84. The van der Waals surface area contributed by atoms with Crippen molar-refractivity contribution in [2.45, 2.75) is 37.6 Å². The first-order valence-corrected chi connectivity index (χ1v) is 10.6. The molecule has 33 heavy (non-hydrogen) atoms.